The Hall–Kier alpha value is 0.390. The molecule has 3 N–H and O–H groups in total. The van der Waals surface area contributed by atoms with Crippen molar-refractivity contribution >= 4 is 35.5 Å². The fraction of sp³-hybridized carbons (Fsp3) is 0.750. The van der Waals surface area contributed by atoms with Crippen molar-refractivity contribution in [1.29, 1.82) is 0 Å². The Morgan fingerprint density at radius 3 is 2.44 bits per heavy atom. The van der Waals surface area contributed by atoms with Crippen LogP contribution in [-0.2, 0) is 9.53 Å². The van der Waals surface area contributed by atoms with Gasteiger partial charge in [-0.2, -0.15) is 0 Å². The van der Waals surface area contributed by atoms with Gasteiger partial charge in [-0.05, 0) is 6.92 Å². The summed E-state index contributed by atoms with van der Waals surface area (Å²) in [6.45, 7) is 1.15. The molecule has 4 nitrogen and oxygen atoms in total. The molecule has 0 aromatic rings. The molecule has 1 unspecified atom stereocenters. The SMILES string of the molecule is CC(O)OC(=O)CN.[NaH]. The van der Waals surface area contributed by atoms with Crippen LogP contribution in [0.2, 0.25) is 0 Å². The van der Waals surface area contributed by atoms with Gasteiger partial charge < -0.3 is 15.6 Å². The van der Waals surface area contributed by atoms with E-state index in [9.17, 15) is 4.79 Å². The summed E-state index contributed by atoms with van der Waals surface area (Å²) >= 11 is 0. The zero-order valence-electron chi connectivity index (χ0n) is 4.63. The van der Waals surface area contributed by atoms with E-state index in [1.165, 1.54) is 6.92 Å². The monoisotopic (exact) mass is 143 g/mol. The number of aliphatic hydroxyl groups is 1. The standard InChI is InChI=1S/C4H9NO3.Na.H/c1-3(6)8-4(7)2-5;;/h3,6H,2,5H2,1H3;;. The molecule has 0 aromatic carbocycles. The number of carbonyl (C=O) groups is 1. The van der Waals surface area contributed by atoms with Crippen LogP contribution >= 0.6 is 0 Å². The summed E-state index contributed by atoms with van der Waals surface area (Å²) < 4.78 is 4.19. The Labute approximate surface area is 75.7 Å². The number of ether oxygens (including phenoxy) is 1. The minimum absolute atomic E-state index is 0. The molecule has 0 aliphatic carbocycles. The molecule has 50 valence electrons. The Morgan fingerprint density at radius 2 is 2.33 bits per heavy atom. The molecule has 0 saturated heterocycles. The first-order chi connectivity index (χ1) is 3.66. The molecule has 0 bridgehead atoms. The topological polar surface area (TPSA) is 72.5 Å². The van der Waals surface area contributed by atoms with Gasteiger partial charge >= 0.3 is 35.5 Å². The van der Waals surface area contributed by atoms with Gasteiger partial charge in [0.05, 0.1) is 6.54 Å². The molecule has 5 heteroatoms. The summed E-state index contributed by atoms with van der Waals surface area (Å²) in [7, 11) is 0. The minimum atomic E-state index is -1.05. The van der Waals surface area contributed by atoms with E-state index in [1.54, 1.807) is 0 Å². The van der Waals surface area contributed by atoms with Crippen molar-refractivity contribution in [3.8, 4) is 0 Å². The molecule has 0 amide bonds. The molecule has 0 rings (SSSR count). The van der Waals surface area contributed by atoms with E-state index in [0.29, 0.717) is 0 Å². The summed E-state index contributed by atoms with van der Waals surface area (Å²) in [6.07, 6.45) is -1.05. The molecule has 0 saturated carbocycles. The molecule has 0 spiro atoms. The van der Waals surface area contributed by atoms with Gasteiger partial charge in [0.15, 0.2) is 6.29 Å². The Kier molecular flexibility index (Phi) is 8.75. The summed E-state index contributed by atoms with van der Waals surface area (Å²) in [5, 5.41) is 8.36. The van der Waals surface area contributed by atoms with Crippen LogP contribution in [0.15, 0.2) is 0 Å². The van der Waals surface area contributed by atoms with Gasteiger partial charge in [0.1, 0.15) is 0 Å². The Morgan fingerprint density at radius 1 is 1.89 bits per heavy atom. The fourth-order valence-electron chi connectivity index (χ4n) is 0.238. The van der Waals surface area contributed by atoms with Crippen LogP contribution < -0.4 is 5.73 Å². The molecular formula is C4H10NNaO3. The fourth-order valence-corrected chi connectivity index (χ4v) is 0.238. The Balaban J connectivity index is 0. The summed E-state index contributed by atoms with van der Waals surface area (Å²) in [5.74, 6) is -0.597. The van der Waals surface area contributed by atoms with E-state index in [4.69, 9.17) is 10.8 Å². The van der Waals surface area contributed by atoms with Gasteiger partial charge in [-0.15, -0.1) is 0 Å². The van der Waals surface area contributed by atoms with Crippen molar-refractivity contribution in [2.24, 2.45) is 5.73 Å². The molecule has 0 aliphatic rings. The van der Waals surface area contributed by atoms with E-state index in [1.807, 2.05) is 0 Å². The molecule has 0 aromatic heterocycles. The van der Waals surface area contributed by atoms with Gasteiger partial charge in [0, 0.05) is 0 Å². The van der Waals surface area contributed by atoms with Crippen molar-refractivity contribution in [2.75, 3.05) is 6.54 Å². The second-order valence-electron chi connectivity index (χ2n) is 1.29. The number of aliphatic hydroxyl groups excluding tert-OH is 1. The third kappa shape index (κ3) is 8.39. The average Bonchev–Trinajstić information content (AvgIpc) is 1.65. The Bertz CT molecular complexity index is 85.9. The quantitative estimate of drug-likeness (QED) is 0.271. The maximum atomic E-state index is 10.1. The van der Waals surface area contributed by atoms with Crippen LogP contribution in [0.1, 0.15) is 6.92 Å². The van der Waals surface area contributed by atoms with Crippen LogP contribution in [0.5, 0.6) is 0 Å². The predicted molar refractivity (Wildman–Crippen MR) is 34.0 cm³/mol. The van der Waals surface area contributed by atoms with Crippen LogP contribution in [0.25, 0.3) is 0 Å². The predicted octanol–water partition coefficient (Wildman–Crippen LogP) is -1.82. The van der Waals surface area contributed by atoms with E-state index >= 15 is 0 Å². The second kappa shape index (κ2) is 6.51. The van der Waals surface area contributed by atoms with E-state index in [2.05, 4.69) is 4.74 Å². The van der Waals surface area contributed by atoms with Gasteiger partial charge in [0.25, 0.3) is 0 Å². The van der Waals surface area contributed by atoms with Crippen molar-refractivity contribution in [3.63, 3.8) is 0 Å². The van der Waals surface area contributed by atoms with Crippen LogP contribution in [0.4, 0.5) is 0 Å². The van der Waals surface area contributed by atoms with Crippen LogP contribution in [0, 0.1) is 0 Å². The van der Waals surface area contributed by atoms with Gasteiger partial charge in [-0.25, -0.2) is 0 Å². The number of rotatable bonds is 2. The summed E-state index contributed by atoms with van der Waals surface area (Å²) in [6, 6.07) is 0. The van der Waals surface area contributed by atoms with Gasteiger partial charge in [-0.1, -0.05) is 0 Å². The van der Waals surface area contributed by atoms with Gasteiger partial charge in [-0.3, -0.25) is 4.79 Å². The molecule has 9 heavy (non-hydrogen) atoms. The summed E-state index contributed by atoms with van der Waals surface area (Å²) in [5.41, 5.74) is 4.83. The number of hydrogen-bond acceptors (Lipinski definition) is 4. The molecule has 1 atom stereocenters. The zero-order valence-corrected chi connectivity index (χ0v) is 4.63. The third-order valence-electron chi connectivity index (χ3n) is 0.469. The second-order valence-corrected chi connectivity index (χ2v) is 1.29. The number of carbonyl (C=O) groups excluding carboxylic acids is 1. The molecule has 0 heterocycles. The third-order valence-corrected chi connectivity index (χ3v) is 0.469. The molecule has 0 fully saturated rings. The first-order valence-corrected chi connectivity index (χ1v) is 2.24. The zero-order chi connectivity index (χ0) is 6.57. The van der Waals surface area contributed by atoms with E-state index in [0.717, 1.165) is 0 Å². The van der Waals surface area contributed by atoms with E-state index < -0.39 is 12.3 Å². The number of hydrogen-bond donors (Lipinski definition) is 2. The maximum absolute atomic E-state index is 10.1. The number of esters is 1. The average molecular weight is 143 g/mol. The van der Waals surface area contributed by atoms with Crippen molar-refractivity contribution < 1.29 is 14.6 Å². The van der Waals surface area contributed by atoms with Crippen molar-refractivity contribution in [2.45, 2.75) is 13.2 Å². The van der Waals surface area contributed by atoms with Crippen molar-refractivity contribution in [3.05, 3.63) is 0 Å². The van der Waals surface area contributed by atoms with E-state index in [-0.39, 0.29) is 36.1 Å². The first-order valence-electron chi connectivity index (χ1n) is 2.24. The normalized spacial score (nSPS) is 11.4. The molecule has 0 aliphatic heterocycles. The van der Waals surface area contributed by atoms with Gasteiger partial charge in [0.2, 0.25) is 0 Å². The summed E-state index contributed by atoms with van der Waals surface area (Å²) in [4.78, 5) is 10.1. The molecule has 0 radical (unpaired) electrons. The van der Waals surface area contributed by atoms with Crippen LogP contribution in [-0.4, -0.2) is 53.5 Å². The van der Waals surface area contributed by atoms with Crippen LogP contribution in [0.3, 0.4) is 0 Å². The number of nitrogens with two attached hydrogens (primary N) is 1. The van der Waals surface area contributed by atoms with Crippen molar-refractivity contribution in [1.82, 2.24) is 0 Å². The first kappa shape index (κ1) is 12.1. The molecular weight excluding hydrogens is 133 g/mol.